The van der Waals surface area contributed by atoms with Crippen molar-refractivity contribution < 1.29 is 8.78 Å². The van der Waals surface area contributed by atoms with Crippen molar-refractivity contribution in [2.45, 2.75) is 38.4 Å². The molecule has 16 heavy (non-hydrogen) atoms. The van der Waals surface area contributed by atoms with Crippen LogP contribution in [0.15, 0.2) is 18.2 Å². The lowest BCUT2D eigenvalue weighted by molar-refractivity contribution is 0.324. The van der Waals surface area contributed by atoms with Crippen LogP contribution >= 0.6 is 15.9 Å². The van der Waals surface area contributed by atoms with Gasteiger partial charge in [0.2, 0.25) is 0 Å². The van der Waals surface area contributed by atoms with E-state index in [-0.39, 0.29) is 11.0 Å². The predicted molar refractivity (Wildman–Crippen MR) is 66.8 cm³/mol. The number of rotatable bonds is 4. The largest absolute Gasteiger partial charge is 0.207 e. The van der Waals surface area contributed by atoms with Crippen LogP contribution in [0.1, 0.15) is 32.8 Å². The number of alkyl halides is 1. The molecule has 3 heteroatoms. The Kier molecular flexibility index (Phi) is 4.48. The molecule has 90 valence electrons. The Labute approximate surface area is 104 Å². The summed E-state index contributed by atoms with van der Waals surface area (Å²) in [6, 6.07) is 4.02. The third-order valence-electron chi connectivity index (χ3n) is 2.55. The average Bonchev–Trinajstić information content (AvgIpc) is 2.09. The Morgan fingerprint density at radius 2 is 1.75 bits per heavy atom. The van der Waals surface area contributed by atoms with Gasteiger partial charge in [0.05, 0.1) is 0 Å². The van der Waals surface area contributed by atoms with Crippen molar-refractivity contribution in [3.05, 3.63) is 35.4 Å². The minimum Gasteiger partial charge on any atom is -0.207 e. The van der Waals surface area contributed by atoms with Crippen LogP contribution in [0, 0.1) is 17.0 Å². The molecule has 0 N–H and O–H groups in total. The monoisotopic (exact) mass is 290 g/mol. The van der Waals surface area contributed by atoms with Crippen LogP contribution in [0.5, 0.6) is 0 Å². The second-order valence-corrected chi connectivity index (χ2v) is 6.59. The molecule has 0 aliphatic rings. The quantitative estimate of drug-likeness (QED) is 0.705. The summed E-state index contributed by atoms with van der Waals surface area (Å²) in [7, 11) is 0. The molecule has 0 saturated carbocycles. The smallest absolute Gasteiger partial charge is 0.129 e. The highest BCUT2D eigenvalue weighted by Crippen LogP contribution is 2.31. The van der Waals surface area contributed by atoms with Gasteiger partial charge in [0.25, 0.3) is 0 Å². The normalized spacial score (nSPS) is 13.9. The van der Waals surface area contributed by atoms with E-state index in [0.29, 0.717) is 11.2 Å². The van der Waals surface area contributed by atoms with Crippen molar-refractivity contribution in [3.63, 3.8) is 0 Å². The van der Waals surface area contributed by atoms with E-state index in [9.17, 15) is 8.78 Å². The first kappa shape index (κ1) is 13.6. The molecule has 1 atom stereocenters. The van der Waals surface area contributed by atoms with Gasteiger partial charge in [-0.25, -0.2) is 8.78 Å². The van der Waals surface area contributed by atoms with Crippen LogP contribution in [0.25, 0.3) is 0 Å². The zero-order valence-corrected chi connectivity index (χ0v) is 11.4. The molecule has 0 aliphatic carbocycles. The lowest BCUT2D eigenvalue weighted by Gasteiger charge is -2.26. The van der Waals surface area contributed by atoms with Crippen molar-refractivity contribution in [2.75, 3.05) is 0 Å². The van der Waals surface area contributed by atoms with Crippen molar-refractivity contribution in [1.82, 2.24) is 0 Å². The Balaban J connectivity index is 2.87. The topological polar surface area (TPSA) is 0 Å². The van der Waals surface area contributed by atoms with Crippen molar-refractivity contribution in [3.8, 4) is 0 Å². The number of halogens is 3. The second-order valence-electron chi connectivity index (χ2n) is 5.03. The van der Waals surface area contributed by atoms with E-state index < -0.39 is 11.6 Å². The Morgan fingerprint density at radius 1 is 1.25 bits per heavy atom. The summed E-state index contributed by atoms with van der Waals surface area (Å²) < 4.78 is 26.9. The van der Waals surface area contributed by atoms with Gasteiger partial charge in [-0.15, -0.1) is 0 Å². The number of hydrogen-bond acceptors (Lipinski definition) is 0. The molecule has 1 rings (SSSR count). The Hall–Kier alpha value is -0.440. The van der Waals surface area contributed by atoms with Crippen molar-refractivity contribution in [1.29, 1.82) is 0 Å². The third kappa shape index (κ3) is 3.85. The van der Waals surface area contributed by atoms with Gasteiger partial charge >= 0.3 is 0 Å². The fourth-order valence-electron chi connectivity index (χ4n) is 2.01. The summed E-state index contributed by atoms with van der Waals surface area (Å²) >= 11 is 3.47. The van der Waals surface area contributed by atoms with Gasteiger partial charge in [-0.1, -0.05) is 42.8 Å². The summed E-state index contributed by atoms with van der Waals surface area (Å²) in [5, 5.41) is 0. The lowest BCUT2D eigenvalue weighted by atomic mass is 9.81. The fourth-order valence-corrected chi connectivity index (χ4v) is 2.89. The van der Waals surface area contributed by atoms with Gasteiger partial charge in [0.15, 0.2) is 0 Å². The minimum absolute atomic E-state index is 0.119. The standard InChI is InChI=1S/C13H17BrF2/c1-9(14)7-13(2,3)8-10-11(15)5-4-6-12(10)16/h4-6,9H,7-8H2,1-3H3. The minimum atomic E-state index is -0.449. The van der Waals surface area contributed by atoms with Crippen LogP contribution in [-0.2, 0) is 6.42 Å². The first-order chi connectivity index (χ1) is 7.32. The first-order valence-corrected chi connectivity index (χ1v) is 6.30. The third-order valence-corrected chi connectivity index (χ3v) is 2.87. The molecule has 0 saturated heterocycles. The van der Waals surface area contributed by atoms with Crippen molar-refractivity contribution >= 4 is 15.9 Å². The molecule has 0 nitrogen and oxygen atoms in total. The molecule has 0 amide bonds. The van der Waals surface area contributed by atoms with E-state index in [1.165, 1.54) is 18.2 Å². The van der Waals surface area contributed by atoms with Crippen LogP contribution in [0.3, 0.4) is 0 Å². The van der Waals surface area contributed by atoms with Crippen LogP contribution in [0.2, 0.25) is 0 Å². The molecule has 1 unspecified atom stereocenters. The highest BCUT2D eigenvalue weighted by Gasteiger charge is 2.23. The molecule has 0 fully saturated rings. The summed E-state index contributed by atoms with van der Waals surface area (Å²) in [5.74, 6) is -0.898. The lowest BCUT2D eigenvalue weighted by Crippen LogP contribution is -2.20. The highest BCUT2D eigenvalue weighted by molar-refractivity contribution is 9.09. The molecule has 0 aromatic heterocycles. The van der Waals surface area contributed by atoms with E-state index in [2.05, 4.69) is 15.9 Å². The second kappa shape index (κ2) is 5.26. The van der Waals surface area contributed by atoms with Gasteiger partial charge in [-0.2, -0.15) is 0 Å². The van der Waals surface area contributed by atoms with Gasteiger partial charge in [0.1, 0.15) is 11.6 Å². The summed E-state index contributed by atoms with van der Waals surface area (Å²) in [6.07, 6.45) is 1.29. The van der Waals surface area contributed by atoms with Gasteiger partial charge < -0.3 is 0 Å². The summed E-state index contributed by atoms with van der Waals surface area (Å²) in [6.45, 7) is 6.09. The van der Waals surface area contributed by atoms with Gasteiger partial charge in [-0.3, -0.25) is 0 Å². The fraction of sp³-hybridized carbons (Fsp3) is 0.538. The van der Waals surface area contributed by atoms with E-state index in [1.807, 2.05) is 20.8 Å². The van der Waals surface area contributed by atoms with Crippen LogP contribution in [-0.4, -0.2) is 4.83 Å². The summed E-state index contributed by atoms with van der Waals surface area (Å²) in [5.41, 5.74) is 0.0759. The van der Waals surface area contributed by atoms with E-state index in [0.717, 1.165) is 6.42 Å². The zero-order valence-electron chi connectivity index (χ0n) is 9.86. The highest BCUT2D eigenvalue weighted by atomic mass is 79.9. The molecule has 1 aromatic rings. The predicted octanol–water partition coefficient (Wildman–Crippen LogP) is 4.71. The van der Waals surface area contributed by atoms with Crippen LogP contribution in [0.4, 0.5) is 8.78 Å². The number of hydrogen-bond donors (Lipinski definition) is 0. The first-order valence-electron chi connectivity index (χ1n) is 5.39. The molecule has 0 spiro atoms. The van der Waals surface area contributed by atoms with Gasteiger partial charge in [-0.05, 0) is 30.4 Å². The molecule has 0 aliphatic heterocycles. The maximum atomic E-state index is 13.5. The Morgan fingerprint density at radius 3 is 2.19 bits per heavy atom. The van der Waals surface area contributed by atoms with E-state index in [1.54, 1.807) is 0 Å². The molecular weight excluding hydrogens is 274 g/mol. The Bertz CT molecular complexity index is 339. The molecule has 0 heterocycles. The average molecular weight is 291 g/mol. The molecule has 1 aromatic carbocycles. The van der Waals surface area contributed by atoms with Crippen molar-refractivity contribution in [2.24, 2.45) is 5.41 Å². The molecule has 0 radical (unpaired) electrons. The van der Waals surface area contributed by atoms with E-state index >= 15 is 0 Å². The van der Waals surface area contributed by atoms with Gasteiger partial charge in [0, 0.05) is 10.4 Å². The molecular formula is C13H17BrF2. The maximum Gasteiger partial charge on any atom is 0.129 e. The SMILES string of the molecule is CC(Br)CC(C)(C)Cc1c(F)cccc1F. The maximum absolute atomic E-state index is 13.5. The molecule has 0 bridgehead atoms. The zero-order chi connectivity index (χ0) is 12.3. The van der Waals surface area contributed by atoms with Crippen LogP contribution < -0.4 is 0 Å². The van der Waals surface area contributed by atoms with E-state index in [4.69, 9.17) is 0 Å². The number of benzene rings is 1. The summed E-state index contributed by atoms with van der Waals surface area (Å²) in [4.78, 5) is 0.345.